The summed E-state index contributed by atoms with van der Waals surface area (Å²) in [5.41, 5.74) is -1.57. The molecule has 1 unspecified atom stereocenters. The lowest BCUT2D eigenvalue weighted by atomic mass is 10.1. The number of rotatable bonds is 6. The molecule has 1 aromatic carbocycles. The van der Waals surface area contributed by atoms with Gasteiger partial charge in [0.25, 0.3) is 5.91 Å². The number of ether oxygens (including phenoxy) is 1. The molecule has 22 heavy (non-hydrogen) atoms. The number of carbonyl (C=O) groups excluding carboxylic acids is 2. The van der Waals surface area contributed by atoms with Crippen LogP contribution >= 0.6 is 0 Å². The van der Waals surface area contributed by atoms with E-state index in [-0.39, 0.29) is 6.61 Å². The van der Waals surface area contributed by atoms with Crippen molar-refractivity contribution < 1.29 is 27.5 Å². The number of hydrogen-bond acceptors (Lipinski definition) is 3. The highest BCUT2D eigenvalue weighted by atomic mass is 19.4. The number of esters is 1. The van der Waals surface area contributed by atoms with Gasteiger partial charge in [0.1, 0.15) is 6.04 Å². The fourth-order valence-corrected chi connectivity index (χ4v) is 1.70. The topological polar surface area (TPSA) is 55.4 Å². The Balaban J connectivity index is 2.75. The summed E-state index contributed by atoms with van der Waals surface area (Å²) in [6, 6.07) is 3.38. The minimum Gasteiger partial charge on any atom is -0.464 e. The first kappa shape index (κ1) is 18.0. The van der Waals surface area contributed by atoms with Crippen molar-refractivity contribution in [3.05, 3.63) is 35.4 Å². The summed E-state index contributed by atoms with van der Waals surface area (Å²) in [5.74, 6) is -1.64. The Labute approximate surface area is 126 Å². The Morgan fingerprint density at radius 1 is 1.27 bits per heavy atom. The maximum atomic E-state index is 12.8. The third-order valence-electron chi connectivity index (χ3n) is 2.92. The van der Waals surface area contributed by atoms with E-state index in [1.165, 1.54) is 19.1 Å². The number of carbonyl (C=O) groups is 2. The van der Waals surface area contributed by atoms with Crippen molar-refractivity contribution in [2.45, 2.75) is 38.9 Å². The average molecular weight is 317 g/mol. The second-order valence-corrected chi connectivity index (χ2v) is 4.76. The van der Waals surface area contributed by atoms with Crippen LogP contribution in [0.4, 0.5) is 13.2 Å². The molecule has 0 heterocycles. The molecule has 122 valence electrons. The normalized spacial score (nSPS) is 12.6. The molecule has 1 atom stereocenters. The van der Waals surface area contributed by atoms with Gasteiger partial charge in [0.05, 0.1) is 17.7 Å². The van der Waals surface area contributed by atoms with Crippen molar-refractivity contribution >= 4 is 11.9 Å². The minimum absolute atomic E-state index is 0.217. The van der Waals surface area contributed by atoms with Gasteiger partial charge < -0.3 is 10.1 Å². The number of halogens is 3. The highest BCUT2D eigenvalue weighted by Crippen LogP contribution is 2.31. The van der Waals surface area contributed by atoms with E-state index in [1.54, 1.807) is 0 Å². The van der Waals surface area contributed by atoms with Crippen LogP contribution in [0.2, 0.25) is 0 Å². The first-order valence-corrected chi connectivity index (χ1v) is 6.91. The summed E-state index contributed by atoms with van der Waals surface area (Å²) in [4.78, 5) is 23.5. The predicted molar refractivity (Wildman–Crippen MR) is 74.2 cm³/mol. The predicted octanol–water partition coefficient (Wildman–Crippen LogP) is 3.17. The third-order valence-corrected chi connectivity index (χ3v) is 2.92. The van der Waals surface area contributed by atoms with Gasteiger partial charge in [-0.25, -0.2) is 4.79 Å². The van der Waals surface area contributed by atoms with Gasteiger partial charge in [0.2, 0.25) is 0 Å². The Hall–Kier alpha value is -2.05. The average Bonchev–Trinajstić information content (AvgIpc) is 2.46. The Morgan fingerprint density at radius 3 is 2.50 bits per heavy atom. The molecular weight excluding hydrogens is 299 g/mol. The van der Waals surface area contributed by atoms with Crippen LogP contribution < -0.4 is 5.32 Å². The molecule has 0 aromatic heterocycles. The van der Waals surface area contributed by atoms with Crippen molar-refractivity contribution in [3.63, 3.8) is 0 Å². The number of benzene rings is 1. The van der Waals surface area contributed by atoms with Crippen molar-refractivity contribution in [2.24, 2.45) is 0 Å². The highest BCUT2D eigenvalue weighted by molar-refractivity contribution is 5.98. The number of unbranched alkanes of at least 4 members (excludes halogenated alkanes) is 1. The van der Waals surface area contributed by atoms with Crippen molar-refractivity contribution in [1.29, 1.82) is 0 Å². The van der Waals surface area contributed by atoms with E-state index < -0.39 is 35.2 Å². The zero-order valence-electron chi connectivity index (χ0n) is 12.4. The lowest BCUT2D eigenvalue weighted by molar-refractivity contribution is -0.145. The molecule has 0 saturated carbocycles. The van der Waals surface area contributed by atoms with Crippen LogP contribution in [0, 0.1) is 0 Å². The second-order valence-electron chi connectivity index (χ2n) is 4.76. The molecule has 1 rings (SSSR count). The van der Waals surface area contributed by atoms with Gasteiger partial charge in [-0.3, -0.25) is 4.79 Å². The smallest absolute Gasteiger partial charge is 0.417 e. The molecule has 1 aromatic rings. The van der Waals surface area contributed by atoms with Gasteiger partial charge in [-0.2, -0.15) is 13.2 Å². The fraction of sp³-hybridized carbons (Fsp3) is 0.467. The molecule has 0 saturated heterocycles. The summed E-state index contributed by atoms with van der Waals surface area (Å²) in [6.07, 6.45) is -3.12. The molecule has 0 bridgehead atoms. The molecule has 1 amide bonds. The zero-order chi connectivity index (χ0) is 16.8. The van der Waals surface area contributed by atoms with E-state index in [2.05, 4.69) is 5.32 Å². The van der Waals surface area contributed by atoms with Crippen LogP contribution in [-0.4, -0.2) is 24.5 Å². The van der Waals surface area contributed by atoms with Crippen molar-refractivity contribution in [2.75, 3.05) is 6.61 Å². The molecule has 7 heteroatoms. The number of hydrogen-bond donors (Lipinski definition) is 1. The number of nitrogens with one attached hydrogen (secondary N) is 1. The Bertz CT molecular complexity index is 529. The molecule has 0 aliphatic rings. The monoisotopic (exact) mass is 317 g/mol. The van der Waals surface area contributed by atoms with Crippen molar-refractivity contribution in [3.8, 4) is 0 Å². The van der Waals surface area contributed by atoms with Gasteiger partial charge in [0.15, 0.2) is 0 Å². The minimum atomic E-state index is -4.64. The molecule has 0 spiro atoms. The van der Waals surface area contributed by atoms with Crippen LogP contribution in [0.25, 0.3) is 0 Å². The lowest BCUT2D eigenvalue weighted by Gasteiger charge is -2.16. The van der Waals surface area contributed by atoms with E-state index >= 15 is 0 Å². The van der Waals surface area contributed by atoms with E-state index in [0.29, 0.717) is 6.42 Å². The van der Waals surface area contributed by atoms with Crippen LogP contribution in [0.1, 0.15) is 42.6 Å². The summed E-state index contributed by atoms with van der Waals surface area (Å²) in [6.45, 7) is 3.50. The van der Waals surface area contributed by atoms with E-state index in [1.807, 2.05) is 6.92 Å². The van der Waals surface area contributed by atoms with E-state index in [9.17, 15) is 22.8 Å². The van der Waals surface area contributed by atoms with Crippen molar-refractivity contribution in [1.82, 2.24) is 5.32 Å². The summed E-state index contributed by atoms with van der Waals surface area (Å²) in [7, 11) is 0. The Kier molecular flexibility index (Phi) is 6.39. The summed E-state index contributed by atoms with van der Waals surface area (Å²) < 4.78 is 43.4. The molecular formula is C15H18F3NO3. The third kappa shape index (κ3) is 5.05. The maximum absolute atomic E-state index is 12.8. The lowest BCUT2D eigenvalue weighted by Crippen LogP contribution is -2.40. The van der Waals surface area contributed by atoms with E-state index in [4.69, 9.17) is 4.74 Å². The van der Waals surface area contributed by atoms with Crippen LogP contribution in [-0.2, 0) is 15.7 Å². The first-order chi connectivity index (χ1) is 10.3. The van der Waals surface area contributed by atoms with Gasteiger partial charge in [-0.1, -0.05) is 25.5 Å². The molecule has 1 N–H and O–H groups in total. The van der Waals surface area contributed by atoms with E-state index in [0.717, 1.165) is 18.6 Å². The molecule has 0 aliphatic carbocycles. The standard InChI is InChI=1S/C15H18F3NO3/c1-3-4-9-22-14(21)10(2)19-13(20)11-7-5-6-8-12(11)15(16,17)18/h5-8,10H,3-4,9H2,1-2H3,(H,19,20). The zero-order valence-corrected chi connectivity index (χ0v) is 12.4. The molecule has 0 aliphatic heterocycles. The molecule has 0 radical (unpaired) electrons. The molecule has 0 fully saturated rings. The van der Waals surface area contributed by atoms with Crippen LogP contribution in [0.5, 0.6) is 0 Å². The number of amides is 1. The SMILES string of the molecule is CCCCOC(=O)C(C)NC(=O)c1ccccc1C(F)(F)F. The molecule has 4 nitrogen and oxygen atoms in total. The number of alkyl halides is 3. The summed E-state index contributed by atoms with van der Waals surface area (Å²) >= 11 is 0. The van der Waals surface area contributed by atoms with Crippen LogP contribution in [0.3, 0.4) is 0 Å². The first-order valence-electron chi connectivity index (χ1n) is 6.91. The largest absolute Gasteiger partial charge is 0.464 e. The van der Waals surface area contributed by atoms with Gasteiger partial charge in [0, 0.05) is 0 Å². The second kappa shape index (κ2) is 7.82. The Morgan fingerprint density at radius 2 is 1.91 bits per heavy atom. The van der Waals surface area contributed by atoms with Gasteiger partial charge in [-0.15, -0.1) is 0 Å². The fourth-order valence-electron chi connectivity index (χ4n) is 1.70. The quantitative estimate of drug-likeness (QED) is 0.648. The van der Waals surface area contributed by atoms with Crippen LogP contribution in [0.15, 0.2) is 24.3 Å². The highest BCUT2D eigenvalue weighted by Gasteiger charge is 2.35. The van der Waals surface area contributed by atoms with Gasteiger partial charge in [-0.05, 0) is 25.5 Å². The maximum Gasteiger partial charge on any atom is 0.417 e. The van der Waals surface area contributed by atoms with Gasteiger partial charge >= 0.3 is 12.1 Å². The summed E-state index contributed by atoms with van der Waals surface area (Å²) in [5, 5.41) is 2.22.